The molecule has 2 N–H and O–H groups in total. The van der Waals surface area contributed by atoms with Crippen molar-refractivity contribution in [3.8, 4) is 0 Å². The maximum Gasteiger partial charge on any atom is 0.261 e. The molecule has 9 heteroatoms. The summed E-state index contributed by atoms with van der Waals surface area (Å²) in [7, 11) is -3.76. The van der Waals surface area contributed by atoms with Gasteiger partial charge in [-0.2, -0.15) is 11.8 Å². The number of rotatable bonds is 9. The summed E-state index contributed by atoms with van der Waals surface area (Å²) in [5.41, 5.74) is 1.68. The minimum atomic E-state index is -3.76. The van der Waals surface area contributed by atoms with Crippen LogP contribution in [-0.2, 0) is 15.8 Å². The van der Waals surface area contributed by atoms with E-state index in [4.69, 9.17) is 11.6 Å². The molecule has 0 saturated carbocycles. The lowest BCUT2D eigenvalue weighted by Crippen LogP contribution is -2.27. The highest BCUT2D eigenvalue weighted by Crippen LogP contribution is 2.24. The lowest BCUT2D eigenvalue weighted by Gasteiger charge is -2.14. The van der Waals surface area contributed by atoms with E-state index in [1.807, 2.05) is 0 Å². The Kier molecular flexibility index (Phi) is 8.17. The van der Waals surface area contributed by atoms with E-state index < -0.39 is 10.0 Å². The van der Waals surface area contributed by atoms with Crippen LogP contribution >= 0.6 is 23.4 Å². The SMILES string of the molecule is Cc1c(NS(=O)(=O)c2ccccc2)cccc1C(=O)NCCSCc1c(F)cccc1Cl. The third kappa shape index (κ3) is 6.03. The molecule has 0 saturated heterocycles. The molecule has 1 amide bonds. The molecular weight excluding hydrogens is 471 g/mol. The number of hydrogen-bond acceptors (Lipinski definition) is 4. The monoisotopic (exact) mass is 492 g/mol. The number of sulfonamides is 1. The molecule has 32 heavy (non-hydrogen) atoms. The van der Waals surface area contributed by atoms with Crippen LogP contribution in [-0.4, -0.2) is 26.6 Å². The van der Waals surface area contributed by atoms with Gasteiger partial charge < -0.3 is 5.32 Å². The first-order valence-electron chi connectivity index (χ1n) is 9.76. The van der Waals surface area contributed by atoms with Gasteiger partial charge in [-0.05, 0) is 48.9 Å². The van der Waals surface area contributed by atoms with E-state index >= 15 is 0 Å². The zero-order valence-corrected chi connectivity index (χ0v) is 19.7. The van der Waals surface area contributed by atoms with Crippen molar-refractivity contribution in [1.29, 1.82) is 0 Å². The topological polar surface area (TPSA) is 75.3 Å². The fourth-order valence-electron chi connectivity index (χ4n) is 2.97. The number of benzene rings is 3. The van der Waals surface area contributed by atoms with Gasteiger partial charge in [0.05, 0.1) is 10.6 Å². The van der Waals surface area contributed by atoms with Crippen molar-refractivity contribution in [2.75, 3.05) is 17.0 Å². The van der Waals surface area contributed by atoms with Crippen LogP contribution in [0.25, 0.3) is 0 Å². The summed E-state index contributed by atoms with van der Waals surface area (Å²) >= 11 is 7.47. The van der Waals surface area contributed by atoms with Gasteiger partial charge in [-0.1, -0.05) is 41.9 Å². The quantitative estimate of drug-likeness (QED) is 0.400. The van der Waals surface area contributed by atoms with Crippen molar-refractivity contribution in [2.24, 2.45) is 0 Å². The van der Waals surface area contributed by atoms with Crippen LogP contribution in [0.5, 0.6) is 0 Å². The number of nitrogens with one attached hydrogen (secondary N) is 2. The number of hydrogen-bond donors (Lipinski definition) is 2. The molecule has 3 aromatic carbocycles. The molecule has 0 bridgehead atoms. The number of amides is 1. The summed E-state index contributed by atoms with van der Waals surface area (Å²) in [5.74, 6) is 0.305. The minimum absolute atomic E-state index is 0.140. The molecule has 0 unspecified atom stereocenters. The second kappa shape index (κ2) is 10.8. The van der Waals surface area contributed by atoms with Gasteiger partial charge in [-0.15, -0.1) is 0 Å². The lowest BCUT2D eigenvalue weighted by molar-refractivity contribution is 0.0955. The van der Waals surface area contributed by atoms with Crippen molar-refractivity contribution < 1.29 is 17.6 Å². The molecule has 0 aliphatic carbocycles. The zero-order valence-electron chi connectivity index (χ0n) is 17.3. The van der Waals surface area contributed by atoms with E-state index in [2.05, 4.69) is 10.0 Å². The van der Waals surface area contributed by atoms with Crippen molar-refractivity contribution in [3.63, 3.8) is 0 Å². The van der Waals surface area contributed by atoms with Gasteiger partial charge in [0, 0.05) is 34.2 Å². The zero-order chi connectivity index (χ0) is 23.1. The summed E-state index contributed by atoms with van der Waals surface area (Å²) < 4.78 is 41.5. The largest absolute Gasteiger partial charge is 0.351 e. The van der Waals surface area contributed by atoms with Crippen molar-refractivity contribution in [3.05, 3.63) is 94.3 Å². The van der Waals surface area contributed by atoms with Gasteiger partial charge >= 0.3 is 0 Å². The second-order valence-corrected chi connectivity index (χ2v) is 10.1. The number of thioether (sulfide) groups is 1. The Hall–Kier alpha value is -2.55. The van der Waals surface area contributed by atoms with Gasteiger partial charge in [0.2, 0.25) is 0 Å². The number of carbonyl (C=O) groups is 1. The third-order valence-electron chi connectivity index (χ3n) is 4.72. The van der Waals surface area contributed by atoms with Crippen LogP contribution in [0, 0.1) is 12.7 Å². The van der Waals surface area contributed by atoms with Crippen LogP contribution < -0.4 is 10.0 Å². The normalized spacial score (nSPS) is 11.2. The van der Waals surface area contributed by atoms with Gasteiger partial charge in [0.1, 0.15) is 5.82 Å². The van der Waals surface area contributed by atoms with Gasteiger partial charge in [0.25, 0.3) is 15.9 Å². The Balaban J connectivity index is 1.58. The minimum Gasteiger partial charge on any atom is -0.351 e. The summed E-state index contributed by atoms with van der Waals surface area (Å²) in [6, 6.07) is 17.5. The molecule has 0 fully saturated rings. The Morgan fingerprint density at radius 3 is 2.47 bits per heavy atom. The Morgan fingerprint density at radius 1 is 1.03 bits per heavy atom. The number of halogens is 2. The molecule has 3 aromatic rings. The third-order valence-corrected chi connectivity index (χ3v) is 7.44. The van der Waals surface area contributed by atoms with Crippen molar-refractivity contribution in [2.45, 2.75) is 17.6 Å². The average Bonchev–Trinajstić information content (AvgIpc) is 2.77. The van der Waals surface area contributed by atoms with Gasteiger partial charge in [-0.3, -0.25) is 9.52 Å². The Bertz CT molecular complexity index is 1180. The van der Waals surface area contributed by atoms with E-state index in [9.17, 15) is 17.6 Å². The summed E-state index contributed by atoms with van der Waals surface area (Å²) in [6.45, 7) is 2.06. The number of anilines is 1. The van der Waals surface area contributed by atoms with Gasteiger partial charge in [-0.25, -0.2) is 12.8 Å². The van der Waals surface area contributed by atoms with Crippen LogP contribution in [0.1, 0.15) is 21.5 Å². The van der Waals surface area contributed by atoms with Crippen molar-refractivity contribution >= 4 is 45.0 Å². The fraction of sp³-hybridized carbons (Fsp3) is 0.174. The summed E-state index contributed by atoms with van der Waals surface area (Å²) in [5, 5.41) is 3.19. The second-order valence-electron chi connectivity index (χ2n) is 6.91. The highest BCUT2D eigenvalue weighted by Gasteiger charge is 2.17. The molecular formula is C23H22ClFN2O3S2. The Morgan fingerprint density at radius 2 is 1.75 bits per heavy atom. The lowest BCUT2D eigenvalue weighted by atomic mass is 10.1. The Labute approximate surface area is 196 Å². The van der Waals surface area contributed by atoms with Crippen LogP contribution in [0.4, 0.5) is 10.1 Å². The number of carbonyl (C=O) groups excluding carboxylic acids is 1. The molecule has 5 nitrogen and oxygen atoms in total. The van der Waals surface area contributed by atoms with Crippen LogP contribution in [0.2, 0.25) is 5.02 Å². The van der Waals surface area contributed by atoms with E-state index in [1.165, 1.54) is 30.0 Å². The van der Waals surface area contributed by atoms with E-state index in [0.29, 0.717) is 45.5 Å². The van der Waals surface area contributed by atoms with E-state index in [1.54, 1.807) is 55.5 Å². The maximum absolute atomic E-state index is 13.8. The van der Waals surface area contributed by atoms with Gasteiger partial charge in [0.15, 0.2) is 0 Å². The maximum atomic E-state index is 13.8. The molecule has 0 radical (unpaired) electrons. The smallest absolute Gasteiger partial charge is 0.261 e. The molecule has 0 aliphatic rings. The molecule has 3 rings (SSSR count). The van der Waals surface area contributed by atoms with Crippen LogP contribution in [0.3, 0.4) is 0 Å². The average molecular weight is 493 g/mol. The molecule has 168 valence electrons. The molecule has 0 spiro atoms. The van der Waals surface area contributed by atoms with Crippen LogP contribution in [0.15, 0.2) is 71.6 Å². The first-order chi connectivity index (χ1) is 15.3. The van der Waals surface area contributed by atoms with Crippen molar-refractivity contribution in [1.82, 2.24) is 5.32 Å². The molecule has 0 aliphatic heterocycles. The summed E-state index contributed by atoms with van der Waals surface area (Å²) in [4.78, 5) is 12.8. The highest BCUT2D eigenvalue weighted by molar-refractivity contribution is 7.98. The summed E-state index contributed by atoms with van der Waals surface area (Å²) in [6.07, 6.45) is 0. The highest BCUT2D eigenvalue weighted by atomic mass is 35.5. The van der Waals surface area contributed by atoms with E-state index in [0.717, 1.165) is 0 Å². The first kappa shape index (κ1) is 24.1. The molecule has 0 heterocycles. The first-order valence-corrected chi connectivity index (χ1v) is 12.8. The molecule has 0 atom stereocenters. The standard InChI is InChI=1S/C23H22ClFN2O3S2/c1-16-18(9-5-12-22(16)27-32(29,30)17-7-3-2-4-8-17)23(28)26-13-14-31-15-19-20(24)10-6-11-21(19)25/h2-12,27H,13-15H2,1H3,(H,26,28). The predicted octanol–water partition coefficient (Wildman–Crippen LogP) is 5.25. The predicted molar refractivity (Wildman–Crippen MR) is 128 cm³/mol. The van der Waals surface area contributed by atoms with E-state index in [-0.39, 0.29) is 16.6 Å². The fourth-order valence-corrected chi connectivity index (χ4v) is 5.31. The molecule has 0 aromatic heterocycles.